The van der Waals surface area contributed by atoms with Gasteiger partial charge in [0.1, 0.15) is 11.4 Å². The highest BCUT2D eigenvalue weighted by Gasteiger charge is 2.23. The van der Waals surface area contributed by atoms with E-state index in [1.165, 1.54) is 0 Å². The Hall–Kier alpha value is -2.60. The minimum absolute atomic E-state index is 0.302. The molecule has 0 saturated heterocycles. The molecule has 0 aliphatic rings. The van der Waals surface area contributed by atoms with Gasteiger partial charge in [0.25, 0.3) is 5.91 Å². The molecule has 3 aromatic rings. The zero-order chi connectivity index (χ0) is 16.1. The Bertz CT molecular complexity index is 891. The maximum Gasteiger partial charge on any atom is 0.252 e. The second-order valence-electron chi connectivity index (χ2n) is 5.70. The first kappa shape index (κ1) is 14.3. The molecule has 0 saturated carbocycles. The molecule has 6 nitrogen and oxygen atoms in total. The van der Waals surface area contributed by atoms with E-state index in [4.69, 9.17) is 10.5 Å². The molecular weight excluding hydrogens is 282 g/mol. The summed E-state index contributed by atoms with van der Waals surface area (Å²) in [5, 5.41) is 11.0. The summed E-state index contributed by atoms with van der Waals surface area (Å²) >= 11 is 0. The monoisotopic (exact) mass is 299 g/mol. The number of benzene rings is 1. The zero-order valence-electron chi connectivity index (χ0n) is 12.6. The third-order valence-corrected chi connectivity index (χ3v) is 3.63. The van der Waals surface area contributed by atoms with Crippen molar-refractivity contribution in [1.29, 1.82) is 0 Å². The fourth-order valence-corrected chi connectivity index (χ4v) is 2.52. The summed E-state index contributed by atoms with van der Waals surface area (Å²) in [7, 11) is 1.58. The number of rotatable bonds is 3. The van der Waals surface area contributed by atoms with Crippen LogP contribution in [0.1, 0.15) is 29.9 Å². The van der Waals surface area contributed by atoms with Crippen LogP contribution in [0.3, 0.4) is 0 Å². The maximum absolute atomic E-state index is 11.7. The molecule has 0 bridgehead atoms. The Morgan fingerprint density at radius 3 is 2.73 bits per heavy atom. The fraction of sp³-hybridized carbons (Fsp3) is 0.250. The number of ether oxygens (including phenoxy) is 1. The summed E-state index contributed by atoms with van der Waals surface area (Å²) in [6, 6.07) is 7.23. The van der Waals surface area contributed by atoms with Crippen molar-refractivity contribution in [2.24, 2.45) is 5.73 Å². The largest absolute Gasteiger partial charge is 0.495 e. The van der Waals surface area contributed by atoms with Crippen molar-refractivity contribution >= 4 is 22.5 Å². The van der Waals surface area contributed by atoms with E-state index in [0.29, 0.717) is 22.7 Å². The molecule has 0 spiro atoms. The fourth-order valence-electron chi connectivity index (χ4n) is 2.52. The van der Waals surface area contributed by atoms with Gasteiger partial charge < -0.3 is 15.6 Å². The zero-order valence-corrected chi connectivity index (χ0v) is 12.6. The molecule has 3 rings (SSSR count). The molecule has 0 fully saturated rings. The van der Waals surface area contributed by atoms with E-state index < -0.39 is 11.5 Å². The van der Waals surface area contributed by atoms with Crippen LogP contribution in [0, 0.1) is 0 Å². The Morgan fingerprint density at radius 1 is 1.41 bits per heavy atom. The van der Waals surface area contributed by atoms with Crippen LogP contribution < -0.4 is 10.5 Å². The highest BCUT2D eigenvalue weighted by molar-refractivity contribution is 6.03. The molecule has 1 aromatic carbocycles. The lowest BCUT2D eigenvalue weighted by Gasteiger charge is -2.12. The number of nitrogens with two attached hydrogens (primary N) is 1. The van der Waals surface area contributed by atoms with Gasteiger partial charge >= 0.3 is 0 Å². The van der Waals surface area contributed by atoms with Crippen LogP contribution >= 0.6 is 0 Å². The summed E-state index contributed by atoms with van der Waals surface area (Å²) < 4.78 is 7.14. The van der Waals surface area contributed by atoms with Gasteiger partial charge in [-0.25, -0.2) is 4.98 Å². The molecule has 0 unspecified atom stereocenters. The number of nitrogens with zero attached hydrogens (tertiary/aromatic N) is 2. The summed E-state index contributed by atoms with van der Waals surface area (Å²) in [5.41, 5.74) is 6.27. The quantitative estimate of drug-likeness (QED) is 0.772. The van der Waals surface area contributed by atoms with Gasteiger partial charge in [-0.05, 0) is 26.0 Å². The molecular formula is C16H17N3O3. The number of primary amides is 1. The lowest BCUT2D eigenvalue weighted by Crippen LogP contribution is -2.16. The van der Waals surface area contributed by atoms with E-state index in [1.54, 1.807) is 37.6 Å². The van der Waals surface area contributed by atoms with Crippen molar-refractivity contribution < 1.29 is 14.6 Å². The number of hydrogen-bond donors (Lipinski definition) is 2. The van der Waals surface area contributed by atoms with Crippen molar-refractivity contribution in [2.75, 3.05) is 7.11 Å². The van der Waals surface area contributed by atoms with Crippen LogP contribution in [-0.4, -0.2) is 27.5 Å². The van der Waals surface area contributed by atoms with Crippen LogP contribution in [0.4, 0.5) is 0 Å². The molecule has 6 heteroatoms. The minimum atomic E-state index is -1.13. The van der Waals surface area contributed by atoms with Gasteiger partial charge in [0.2, 0.25) is 0 Å². The summed E-state index contributed by atoms with van der Waals surface area (Å²) in [6.45, 7) is 3.27. The van der Waals surface area contributed by atoms with Gasteiger partial charge in [0, 0.05) is 11.6 Å². The maximum atomic E-state index is 11.7. The normalized spacial score (nSPS) is 12.0. The predicted octanol–water partition coefficient (Wildman–Crippen LogP) is 1.82. The Labute approximate surface area is 127 Å². The van der Waals surface area contributed by atoms with Crippen molar-refractivity contribution in [3.05, 3.63) is 41.7 Å². The number of para-hydroxylation sites is 1. The van der Waals surface area contributed by atoms with E-state index >= 15 is 0 Å². The first-order valence-corrected chi connectivity index (χ1v) is 6.84. The molecule has 1 amide bonds. The average molecular weight is 299 g/mol. The Morgan fingerprint density at radius 2 is 2.14 bits per heavy atom. The summed E-state index contributed by atoms with van der Waals surface area (Å²) in [5.74, 6) is 0.0841. The van der Waals surface area contributed by atoms with Gasteiger partial charge in [-0.2, -0.15) is 0 Å². The van der Waals surface area contributed by atoms with Crippen LogP contribution in [0.5, 0.6) is 5.75 Å². The smallest absolute Gasteiger partial charge is 0.252 e. The Kier molecular flexibility index (Phi) is 3.07. The van der Waals surface area contributed by atoms with E-state index in [1.807, 2.05) is 18.2 Å². The van der Waals surface area contributed by atoms with Crippen molar-refractivity contribution in [3.8, 4) is 5.75 Å². The number of methoxy groups -OCH3 is 1. The topological polar surface area (TPSA) is 89.9 Å². The number of fused-ring (bicyclic) bond motifs is 3. The van der Waals surface area contributed by atoms with E-state index in [9.17, 15) is 9.90 Å². The number of carbonyl (C=O) groups excluding carboxylic acids is 1. The number of pyridine rings is 1. The first-order valence-electron chi connectivity index (χ1n) is 6.84. The molecule has 2 aromatic heterocycles. The van der Waals surface area contributed by atoms with Gasteiger partial charge in [0.05, 0.1) is 23.9 Å². The van der Waals surface area contributed by atoms with Gasteiger partial charge in [0.15, 0.2) is 5.65 Å². The van der Waals surface area contributed by atoms with Crippen molar-refractivity contribution in [2.45, 2.75) is 19.4 Å². The standard InChI is InChI=1S/C16H17N3O3/c1-16(2,21)12-8-19-13-9(5-4-6-11(13)22-3)7-10(14(17)20)15(19)18-12/h4-8,21H,1-3H3,(H2,17,20). The molecule has 2 heterocycles. The second kappa shape index (κ2) is 4.71. The van der Waals surface area contributed by atoms with Crippen molar-refractivity contribution in [3.63, 3.8) is 0 Å². The van der Waals surface area contributed by atoms with E-state index in [-0.39, 0.29) is 0 Å². The average Bonchev–Trinajstić information content (AvgIpc) is 2.90. The van der Waals surface area contributed by atoms with E-state index in [2.05, 4.69) is 4.98 Å². The number of hydrogen-bond acceptors (Lipinski definition) is 4. The third kappa shape index (κ3) is 2.08. The SMILES string of the molecule is COc1cccc2cc(C(N)=O)c3nc(C(C)(C)O)cn3c12. The lowest BCUT2D eigenvalue weighted by atomic mass is 10.1. The predicted molar refractivity (Wildman–Crippen MR) is 83.0 cm³/mol. The molecule has 0 radical (unpaired) electrons. The van der Waals surface area contributed by atoms with Gasteiger partial charge in [-0.3, -0.25) is 9.20 Å². The summed E-state index contributed by atoms with van der Waals surface area (Å²) in [6.07, 6.45) is 1.70. The Balaban J connectivity index is 2.52. The van der Waals surface area contributed by atoms with Crippen LogP contribution in [0.25, 0.3) is 16.6 Å². The highest BCUT2D eigenvalue weighted by Crippen LogP contribution is 2.30. The van der Waals surface area contributed by atoms with E-state index in [0.717, 1.165) is 10.9 Å². The van der Waals surface area contributed by atoms with Gasteiger partial charge in [-0.1, -0.05) is 12.1 Å². The van der Waals surface area contributed by atoms with Crippen LogP contribution in [0.15, 0.2) is 30.5 Å². The molecule has 22 heavy (non-hydrogen) atoms. The number of amides is 1. The number of carbonyl (C=O) groups is 1. The van der Waals surface area contributed by atoms with Crippen molar-refractivity contribution in [1.82, 2.24) is 9.38 Å². The molecule has 0 aliphatic heterocycles. The molecule has 0 atom stereocenters. The van der Waals surface area contributed by atoms with Crippen LogP contribution in [0.2, 0.25) is 0 Å². The summed E-state index contributed by atoms with van der Waals surface area (Å²) in [4.78, 5) is 16.1. The highest BCUT2D eigenvalue weighted by atomic mass is 16.5. The lowest BCUT2D eigenvalue weighted by molar-refractivity contribution is 0.0744. The molecule has 114 valence electrons. The molecule has 0 aliphatic carbocycles. The first-order chi connectivity index (χ1) is 10.3. The second-order valence-corrected chi connectivity index (χ2v) is 5.70. The number of imidazole rings is 1. The third-order valence-electron chi connectivity index (χ3n) is 3.63. The number of aliphatic hydroxyl groups is 1. The molecule has 3 N–H and O–H groups in total. The minimum Gasteiger partial charge on any atom is -0.495 e. The van der Waals surface area contributed by atoms with Gasteiger partial charge in [-0.15, -0.1) is 0 Å². The number of aromatic nitrogens is 2. The van der Waals surface area contributed by atoms with Crippen LogP contribution in [-0.2, 0) is 5.60 Å².